The van der Waals surface area contributed by atoms with Gasteiger partial charge in [0, 0.05) is 17.5 Å². The predicted molar refractivity (Wildman–Crippen MR) is 71.7 cm³/mol. The van der Waals surface area contributed by atoms with Crippen LogP contribution in [0, 0.1) is 13.8 Å². The zero-order valence-corrected chi connectivity index (χ0v) is 10.7. The Morgan fingerprint density at radius 1 is 1.22 bits per heavy atom. The monoisotopic (exact) mass is 240 g/mol. The molecule has 0 atom stereocenters. The molecule has 3 rings (SSSR count). The van der Waals surface area contributed by atoms with Gasteiger partial charge in [-0.05, 0) is 32.3 Å². The topological polar surface area (TPSA) is 45.8 Å². The van der Waals surface area contributed by atoms with Gasteiger partial charge in [-0.1, -0.05) is 23.8 Å². The third kappa shape index (κ3) is 2.08. The number of rotatable bonds is 2. The van der Waals surface area contributed by atoms with Gasteiger partial charge in [0.25, 0.3) is 5.56 Å². The first-order chi connectivity index (χ1) is 8.63. The quantitative estimate of drug-likeness (QED) is 0.877. The molecule has 1 fully saturated rings. The fraction of sp³-hybridized carbons (Fsp3) is 0.333. The number of benzene rings is 1. The Balaban J connectivity index is 2.13. The van der Waals surface area contributed by atoms with Crippen molar-refractivity contribution in [1.82, 2.24) is 9.97 Å². The van der Waals surface area contributed by atoms with Gasteiger partial charge in [0.1, 0.15) is 5.82 Å². The van der Waals surface area contributed by atoms with Crippen molar-refractivity contribution in [3.8, 4) is 11.3 Å². The van der Waals surface area contributed by atoms with Gasteiger partial charge in [0.2, 0.25) is 0 Å². The fourth-order valence-corrected chi connectivity index (χ4v) is 2.27. The molecule has 0 aliphatic heterocycles. The minimum atomic E-state index is -0.0538. The van der Waals surface area contributed by atoms with Crippen molar-refractivity contribution in [2.45, 2.75) is 32.6 Å². The normalized spacial score (nSPS) is 14.8. The molecule has 1 aromatic carbocycles. The molecule has 1 heterocycles. The molecule has 0 spiro atoms. The van der Waals surface area contributed by atoms with Gasteiger partial charge in [-0.25, -0.2) is 4.98 Å². The minimum Gasteiger partial charge on any atom is -0.310 e. The molecule has 92 valence electrons. The molecule has 2 aromatic rings. The number of nitrogens with zero attached hydrogens (tertiary/aromatic N) is 1. The largest absolute Gasteiger partial charge is 0.310 e. The van der Waals surface area contributed by atoms with Crippen LogP contribution in [0.1, 0.15) is 35.7 Å². The zero-order chi connectivity index (χ0) is 12.7. The number of aromatic amines is 1. The lowest BCUT2D eigenvalue weighted by Crippen LogP contribution is -2.10. The third-order valence-corrected chi connectivity index (χ3v) is 3.38. The summed E-state index contributed by atoms with van der Waals surface area (Å²) in [6.07, 6.45) is 2.28. The van der Waals surface area contributed by atoms with Crippen molar-refractivity contribution >= 4 is 0 Å². The highest BCUT2D eigenvalue weighted by Crippen LogP contribution is 2.38. The van der Waals surface area contributed by atoms with E-state index in [-0.39, 0.29) is 5.56 Å². The molecular formula is C15H16N2O. The van der Waals surface area contributed by atoms with Gasteiger partial charge < -0.3 is 4.98 Å². The van der Waals surface area contributed by atoms with Gasteiger partial charge in [-0.3, -0.25) is 4.79 Å². The molecule has 1 N–H and O–H groups in total. The molecule has 0 saturated heterocycles. The molecule has 0 amide bonds. The molecule has 1 aliphatic rings. The van der Waals surface area contributed by atoms with Crippen molar-refractivity contribution in [2.24, 2.45) is 0 Å². The van der Waals surface area contributed by atoms with Crippen LogP contribution in [0.3, 0.4) is 0 Å². The first-order valence-corrected chi connectivity index (χ1v) is 6.32. The summed E-state index contributed by atoms with van der Waals surface area (Å²) in [4.78, 5) is 19.1. The van der Waals surface area contributed by atoms with Crippen molar-refractivity contribution in [3.63, 3.8) is 0 Å². The second-order valence-corrected chi connectivity index (χ2v) is 5.11. The standard InChI is InChI=1S/C15H16N2O/c1-9-3-6-12(10(2)7-9)13-8-14(18)17-15(16-13)11-4-5-11/h3,6-8,11H,4-5H2,1-2H3,(H,16,17,18). The van der Waals surface area contributed by atoms with E-state index in [4.69, 9.17) is 0 Å². The first kappa shape index (κ1) is 11.2. The number of H-pyrrole nitrogens is 1. The molecule has 18 heavy (non-hydrogen) atoms. The van der Waals surface area contributed by atoms with Crippen molar-refractivity contribution in [3.05, 3.63) is 51.6 Å². The van der Waals surface area contributed by atoms with E-state index in [1.807, 2.05) is 6.07 Å². The molecular weight excluding hydrogens is 224 g/mol. The van der Waals surface area contributed by atoms with E-state index >= 15 is 0 Å². The van der Waals surface area contributed by atoms with Crippen LogP contribution in [0.15, 0.2) is 29.1 Å². The Morgan fingerprint density at radius 3 is 2.67 bits per heavy atom. The fourth-order valence-electron chi connectivity index (χ4n) is 2.27. The van der Waals surface area contributed by atoms with E-state index in [9.17, 15) is 4.79 Å². The van der Waals surface area contributed by atoms with E-state index in [1.54, 1.807) is 6.07 Å². The molecule has 3 heteroatoms. The zero-order valence-electron chi connectivity index (χ0n) is 10.7. The van der Waals surface area contributed by atoms with Crippen LogP contribution in [0.25, 0.3) is 11.3 Å². The van der Waals surface area contributed by atoms with Crippen molar-refractivity contribution in [1.29, 1.82) is 0 Å². The molecule has 0 unspecified atom stereocenters. The number of nitrogens with one attached hydrogen (secondary N) is 1. The van der Waals surface area contributed by atoms with E-state index in [0.29, 0.717) is 5.92 Å². The Hall–Kier alpha value is -1.90. The second-order valence-electron chi connectivity index (χ2n) is 5.11. The highest BCUT2D eigenvalue weighted by molar-refractivity contribution is 5.63. The first-order valence-electron chi connectivity index (χ1n) is 6.32. The summed E-state index contributed by atoms with van der Waals surface area (Å²) in [5.74, 6) is 1.31. The molecule has 1 saturated carbocycles. The highest BCUT2D eigenvalue weighted by atomic mass is 16.1. The molecule has 1 aromatic heterocycles. The van der Waals surface area contributed by atoms with E-state index in [2.05, 4.69) is 35.9 Å². The second kappa shape index (κ2) is 4.09. The Bertz CT molecular complexity index is 654. The predicted octanol–water partition coefficient (Wildman–Crippen LogP) is 2.93. The Morgan fingerprint density at radius 2 is 2.00 bits per heavy atom. The van der Waals surface area contributed by atoms with E-state index in [1.165, 1.54) is 5.56 Å². The van der Waals surface area contributed by atoms with Crippen LogP contribution in [0.5, 0.6) is 0 Å². The van der Waals surface area contributed by atoms with E-state index < -0.39 is 0 Å². The molecule has 3 nitrogen and oxygen atoms in total. The lowest BCUT2D eigenvalue weighted by atomic mass is 10.0. The summed E-state index contributed by atoms with van der Waals surface area (Å²) in [5, 5.41) is 0. The Kier molecular flexibility index (Phi) is 2.54. The number of hydrogen-bond acceptors (Lipinski definition) is 2. The average Bonchev–Trinajstić information content (AvgIpc) is 3.11. The van der Waals surface area contributed by atoms with Gasteiger partial charge in [-0.2, -0.15) is 0 Å². The summed E-state index contributed by atoms with van der Waals surface area (Å²) in [6, 6.07) is 7.81. The number of hydrogen-bond donors (Lipinski definition) is 1. The van der Waals surface area contributed by atoms with Crippen LogP contribution in [-0.4, -0.2) is 9.97 Å². The maximum absolute atomic E-state index is 11.7. The van der Waals surface area contributed by atoms with Crippen LogP contribution < -0.4 is 5.56 Å². The lowest BCUT2D eigenvalue weighted by molar-refractivity contribution is 0.911. The molecule has 0 bridgehead atoms. The molecule has 0 radical (unpaired) electrons. The lowest BCUT2D eigenvalue weighted by Gasteiger charge is -2.07. The minimum absolute atomic E-state index is 0.0538. The van der Waals surface area contributed by atoms with Gasteiger partial charge in [0.15, 0.2) is 0 Å². The smallest absolute Gasteiger partial charge is 0.251 e. The van der Waals surface area contributed by atoms with Gasteiger partial charge in [0.05, 0.1) is 5.69 Å². The maximum atomic E-state index is 11.7. The van der Waals surface area contributed by atoms with Gasteiger partial charge in [-0.15, -0.1) is 0 Å². The van der Waals surface area contributed by atoms with Gasteiger partial charge >= 0.3 is 0 Å². The van der Waals surface area contributed by atoms with Crippen molar-refractivity contribution < 1.29 is 0 Å². The summed E-state index contributed by atoms with van der Waals surface area (Å²) in [6.45, 7) is 4.12. The summed E-state index contributed by atoms with van der Waals surface area (Å²) in [7, 11) is 0. The maximum Gasteiger partial charge on any atom is 0.251 e. The number of aryl methyl sites for hydroxylation is 2. The average molecular weight is 240 g/mol. The highest BCUT2D eigenvalue weighted by Gasteiger charge is 2.26. The SMILES string of the molecule is Cc1ccc(-c2cc(=O)[nH]c(C3CC3)n2)c(C)c1. The summed E-state index contributed by atoms with van der Waals surface area (Å²) < 4.78 is 0. The summed E-state index contributed by atoms with van der Waals surface area (Å²) >= 11 is 0. The number of aromatic nitrogens is 2. The van der Waals surface area contributed by atoms with Crippen molar-refractivity contribution in [2.75, 3.05) is 0 Å². The van der Waals surface area contributed by atoms with Crippen LogP contribution in [-0.2, 0) is 0 Å². The molecule has 1 aliphatic carbocycles. The van der Waals surface area contributed by atoms with Crippen LogP contribution in [0.4, 0.5) is 0 Å². The summed E-state index contributed by atoms with van der Waals surface area (Å²) in [5.41, 5.74) is 4.17. The Labute approximate surface area is 106 Å². The van der Waals surface area contributed by atoms with Crippen LogP contribution >= 0.6 is 0 Å². The third-order valence-electron chi connectivity index (χ3n) is 3.38. The van der Waals surface area contributed by atoms with Crippen LogP contribution in [0.2, 0.25) is 0 Å². The van der Waals surface area contributed by atoms with E-state index in [0.717, 1.165) is 35.5 Å².